The zero-order valence-electron chi connectivity index (χ0n) is 14.5. The van der Waals surface area contributed by atoms with Gasteiger partial charge in [0, 0.05) is 18.1 Å². The van der Waals surface area contributed by atoms with Crippen LogP contribution in [-0.2, 0) is 20.7 Å². The summed E-state index contributed by atoms with van der Waals surface area (Å²) in [6, 6.07) is 7.50. The summed E-state index contributed by atoms with van der Waals surface area (Å²) in [5, 5.41) is 0.894. The first-order valence-corrected chi connectivity index (χ1v) is 7.87. The smallest absolute Gasteiger partial charge is 0.419 e. The number of para-hydroxylation sites is 1. The molecule has 1 aromatic carbocycles. The van der Waals surface area contributed by atoms with Crippen molar-refractivity contribution >= 4 is 23.0 Å². The van der Waals surface area contributed by atoms with Gasteiger partial charge in [-0.1, -0.05) is 18.2 Å². The number of hydrogen-bond donors (Lipinski definition) is 1. The molecule has 0 saturated carbocycles. The van der Waals surface area contributed by atoms with Crippen molar-refractivity contribution in [3.63, 3.8) is 0 Å². The third-order valence-electron chi connectivity index (χ3n) is 3.67. The van der Waals surface area contributed by atoms with Gasteiger partial charge >= 0.3 is 12.1 Å². The van der Waals surface area contributed by atoms with Crippen molar-refractivity contribution in [2.45, 2.75) is 32.8 Å². The van der Waals surface area contributed by atoms with E-state index in [2.05, 4.69) is 0 Å². The van der Waals surface area contributed by atoms with E-state index in [4.69, 9.17) is 15.2 Å². The third-order valence-corrected chi connectivity index (χ3v) is 3.67. The third kappa shape index (κ3) is 3.94. The van der Waals surface area contributed by atoms with Gasteiger partial charge in [0.25, 0.3) is 0 Å². The van der Waals surface area contributed by atoms with Crippen LogP contribution >= 0.6 is 0 Å². The predicted molar refractivity (Wildman–Crippen MR) is 91.8 cm³/mol. The molecule has 0 radical (unpaired) electrons. The molecule has 0 aliphatic rings. The molecule has 1 atom stereocenters. The predicted octanol–water partition coefficient (Wildman–Crippen LogP) is 2.71. The van der Waals surface area contributed by atoms with Gasteiger partial charge in [-0.2, -0.15) is 0 Å². The topological polar surface area (TPSA) is 83.5 Å². The van der Waals surface area contributed by atoms with Gasteiger partial charge in [-0.3, -0.25) is 9.36 Å². The quantitative estimate of drug-likeness (QED) is 0.870. The second-order valence-electron chi connectivity index (χ2n) is 6.68. The van der Waals surface area contributed by atoms with E-state index >= 15 is 0 Å². The Labute approximate surface area is 141 Å². The molecule has 0 bridgehead atoms. The van der Waals surface area contributed by atoms with Gasteiger partial charge in [-0.25, -0.2) is 4.79 Å². The monoisotopic (exact) mass is 332 g/mol. The highest BCUT2D eigenvalue weighted by Gasteiger charge is 2.24. The molecule has 1 heterocycles. The number of fused-ring (bicyclic) bond motifs is 1. The van der Waals surface area contributed by atoms with Gasteiger partial charge in [0.15, 0.2) is 0 Å². The van der Waals surface area contributed by atoms with Crippen LogP contribution in [0.15, 0.2) is 30.5 Å². The summed E-state index contributed by atoms with van der Waals surface area (Å²) in [5.74, 6) is -0.806. The number of carbonyl (C=O) groups is 2. The molecule has 0 aliphatic carbocycles. The fraction of sp³-hybridized carbons (Fsp3) is 0.444. The minimum absolute atomic E-state index is 0.179. The molecule has 6 heteroatoms. The zero-order valence-corrected chi connectivity index (χ0v) is 14.5. The van der Waals surface area contributed by atoms with Gasteiger partial charge in [0.1, 0.15) is 5.60 Å². The molecule has 2 N–H and O–H groups in total. The lowest BCUT2D eigenvalue weighted by atomic mass is 9.99. The summed E-state index contributed by atoms with van der Waals surface area (Å²) in [5.41, 5.74) is 6.70. The minimum Gasteiger partial charge on any atom is -0.469 e. The molecular formula is C18H24N2O4. The Balaban J connectivity index is 2.42. The van der Waals surface area contributed by atoms with Gasteiger partial charge in [-0.15, -0.1) is 0 Å². The highest BCUT2D eigenvalue weighted by Crippen LogP contribution is 2.25. The number of rotatable bonds is 4. The summed E-state index contributed by atoms with van der Waals surface area (Å²) < 4.78 is 11.7. The number of nitrogens with two attached hydrogens (primary N) is 1. The number of carbonyl (C=O) groups excluding carboxylic acids is 2. The van der Waals surface area contributed by atoms with Crippen molar-refractivity contribution in [3.8, 4) is 0 Å². The first kappa shape index (κ1) is 18.0. The molecular weight excluding hydrogens is 308 g/mol. The van der Waals surface area contributed by atoms with Crippen LogP contribution in [0.5, 0.6) is 0 Å². The average Bonchev–Trinajstić information content (AvgIpc) is 2.89. The molecule has 0 amide bonds. The van der Waals surface area contributed by atoms with E-state index in [-0.39, 0.29) is 12.5 Å². The van der Waals surface area contributed by atoms with Crippen molar-refractivity contribution in [1.29, 1.82) is 0 Å². The molecule has 0 aliphatic heterocycles. The maximum absolute atomic E-state index is 12.5. The Hall–Kier alpha value is -2.34. The van der Waals surface area contributed by atoms with Crippen LogP contribution in [0.1, 0.15) is 26.3 Å². The molecule has 0 spiro atoms. The van der Waals surface area contributed by atoms with Crippen LogP contribution in [0.4, 0.5) is 4.79 Å². The second kappa shape index (κ2) is 7.05. The standard InChI is InChI=1S/C18H24N2O4/c1-18(2,3)24-17(22)20-11-13(9-12(10-19)16(21)23-4)14-7-5-6-8-15(14)20/h5-8,11-12H,9-10,19H2,1-4H3. The van der Waals surface area contributed by atoms with Crippen molar-refractivity contribution < 1.29 is 19.1 Å². The number of hydrogen-bond acceptors (Lipinski definition) is 5. The molecule has 0 saturated heterocycles. The summed E-state index contributed by atoms with van der Waals surface area (Å²) in [6.07, 6.45) is 1.66. The molecule has 2 aromatic rings. The Morgan fingerprint density at radius 3 is 2.50 bits per heavy atom. The van der Waals surface area contributed by atoms with E-state index in [1.165, 1.54) is 11.7 Å². The van der Waals surface area contributed by atoms with Gasteiger partial charge < -0.3 is 15.2 Å². The lowest BCUT2D eigenvalue weighted by Gasteiger charge is -2.19. The Morgan fingerprint density at radius 1 is 1.25 bits per heavy atom. The molecule has 24 heavy (non-hydrogen) atoms. The average molecular weight is 332 g/mol. The Morgan fingerprint density at radius 2 is 1.92 bits per heavy atom. The van der Waals surface area contributed by atoms with Crippen molar-refractivity contribution in [2.24, 2.45) is 11.7 Å². The van der Waals surface area contributed by atoms with Crippen molar-refractivity contribution in [3.05, 3.63) is 36.0 Å². The molecule has 1 unspecified atom stereocenters. The van der Waals surface area contributed by atoms with Crippen LogP contribution < -0.4 is 5.73 Å². The normalized spacial score (nSPS) is 12.9. The minimum atomic E-state index is -0.589. The van der Waals surface area contributed by atoms with Crippen LogP contribution in [0.3, 0.4) is 0 Å². The second-order valence-corrected chi connectivity index (χ2v) is 6.68. The summed E-state index contributed by atoms with van der Waals surface area (Å²) in [4.78, 5) is 24.3. The van der Waals surface area contributed by atoms with Crippen LogP contribution in [-0.4, -0.2) is 35.9 Å². The maximum Gasteiger partial charge on any atom is 0.419 e. The fourth-order valence-corrected chi connectivity index (χ4v) is 2.57. The van der Waals surface area contributed by atoms with E-state index in [9.17, 15) is 9.59 Å². The van der Waals surface area contributed by atoms with Gasteiger partial charge in [-0.05, 0) is 38.8 Å². The summed E-state index contributed by atoms with van der Waals surface area (Å²) in [7, 11) is 1.34. The van der Waals surface area contributed by atoms with Crippen molar-refractivity contribution in [1.82, 2.24) is 4.57 Å². The maximum atomic E-state index is 12.5. The number of methoxy groups -OCH3 is 1. The number of nitrogens with zero attached hydrogens (tertiary/aromatic N) is 1. The summed E-state index contributed by atoms with van der Waals surface area (Å²) >= 11 is 0. The number of aromatic nitrogens is 1. The number of esters is 1. The lowest BCUT2D eigenvalue weighted by molar-refractivity contribution is -0.145. The SMILES string of the molecule is COC(=O)C(CN)Cc1cn(C(=O)OC(C)(C)C)c2ccccc12. The van der Waals surface area contributed by atoms with Crippen LogP contribution in [0, 0.1) is 5.92 Å². The molecule has 6 nitrogen and oxygen atoms in total. The number of ether oxygens (including phenoxy) is 2. The van der Waals surface area contributed by atoms with E-state index < -0.39 is 17.6 Å². The molecule has 1 aromatic heterocycles. The van der Waals surface area contributed by atoms with E-state index in [0.717, 1.165) is 16.5 Å². The van der Waals surface area contributed by atoms with Crippen LogP contribution in [0.25, 0.3) is 10.9 Å². The van der Waals surface area contributed by atoms with Crippen LogP contribution in [0.2, 0.25) is 0 Å². The van der Waals surface area contributed by atoms with E-state index in [1.54, 1.807) is 6.20 Å². The molecule has 130 valence electrons. The first-order valence-electron chi connectivity index (χ1n) is 7.87. The molecule has 0 fully saturated rings. The van der Waals surface area contributed by atoms with Crippen molar-refractivity contribution in [2.75, 3.05) is 13.7 Å². The Bertz CT molecular complexity index is 743. The van der Waals surface area contributed by atoms with E-state index in [0.29, 0.717) is 6.42 Å². The van der Waals surface area contributed by atoms with Gasteiger partial charge in [0.05, 0.1) is 18.5 Å². The number of benzene rings is 1. The first-order chi connectivity index (χ1) is 11.3. The van der Waals surface area contributed by atoms with E-state index in [1.807, 2.05) is 45.0 Å². The van der Waals surface area contributed by atoms with Gasteiger partial charge in [0.2, 0.25) is 0 Å². The lowest BCUT2D eigenvalue weighted by Crippen LogP contribution is -2.27. The fourth-order valence-electron chi connectivity index (χ4n) is 2.57. The zero-order chi connectivity index (χ0) is 17.9. The highest BCUT2D eigenvalue weighted by molar-refractivity contribution is 5.92. The highest BCUT2D eigenvalue weighted by atomic mass is 16.6. The molecule has 2 rings (SSSR count). The summed E-state index contributed by atoms with van der Waals surface area (Å²) in [6.45, 7) is 5.64. The largest absolute Gasteiger partial charge is 0.469 e. The Kier molecular flexibility index (Phi) is 5.29.